The molecule has 0 radical (unpaired) electrons. The molecule has 28 heavy (non-hydrogen) atoms. The maximum atomic E-state index is 5.73. The van der Waals surface area contributed by atoms with Gasteiger partial charge in [0.25, 0.3) is 0 Å². The van der Waals surface area contributed by atoms with E-state index in [1.807, 2.05) is 31.2 Å². The molecule has 0 bridgehead atoms. The fourth-order valence-corrected chi connectivity index (χ4v) is 2.63. The zero-order chi connectivity index (χ0) is 19.5. The lowest BCUT2D eigenvalue weighted by Gasteiger charge is -2.12. The smallest absolute Gasteiger partial charge is 0.191 e. The molecule has 156 valence electrons. The average molecular weight is 502 g/mol. The third-order valence-electron chi connectivity index (χ3n) is 4.07. The van der Waals surface area contributed by atoms with Gasteiger partial charge in [0.1, 0.15) is 23.9 Å². The number of rotatable bonds is 10. The van der Waals surface area contributed by atoms with E-state index in [0.29, 0.717) is 19.7 Å². The highest BCUT2D eigenvalue weighted by atomic mass is 127. The van der Waals surface area contributed by atoms with E-state index < -0.39 is 0 Å². The maximum absolute atomic E-state index is 5.73. The first-order valence-electron chi connectivity index (χ1n) is 9.47. The van der Waals surface area contributed by atoms with Crippen molar-refractivity contribution in [2.24, 2.45) is 4.99 Å². The topological polar surface area (TPSA) is 80.9 Å². The van der Waals surface area contributed by atoms with Crippen LogP contribution in [0.3, 0.4) is 0 Å². The van der Waals surface area contributed by atoms with Crippen molar-refractivity contribution < 1.29 is 14.0 Å². The van der Waals surface area contributed by atoms with E-state index in [-0.39, 0.29) is 24.0 Å². The number of aliphatic imine (C=N–C) groups is 1. The van der Waals surface area contributed by atoms with Crippen molar-refractivity contribution in [2.45, 2.75) is 40.2 Å². The van der Waals surface area contributed by atoms with Crippen LogP contribution in [0.2, 0.25) is 0 Å². The summed E-state index contributed by atoms with van der Waals surface area (Å²) in [7, 11) is 1.65. The van der Waals surface area contributed by atoms with E-state index in [1.54, 1.807) is 7.11 Å². The number of nitrogens with zero attached hydrogens (tertiary/aromatic N) is 2. The molecule has 2 rings (SSSR count). The van der Waals surface area contributed by atoms with Crippen molar-refractivity contribution in [2.75, 3.05) is 26.8 Å². The van der Waals surface area contributed by atoms with Gasteiger partial charge in [-0.25, -0.2) is 4.99 Å². The largest absolute Gasteiger partial charge is 0.497 e. The summed E-state index contributed by atoms with van der Waals surface area (Å²) in [5.41, 5.74) is 2.07. The van der Waals surface area contributed by atoms with E-state index in [0.717, 1.165) is 53.9 Å². The number of benzene rings is 1. The highest BCUT2D eigenvalue weighted by Gasteiger charge is 2.13. The number of halogens is 1. The van der Waals surface area contributed by atoms with Crippen LogP contribution in [0.4, 0.5) is 0 Å². The van der Waals surface area contributed by atoms with Gasteiger partial charge < -0.3 is 24.6 Å². The number of ether oxygens (including phenoxy) is 2. The summed E-state index contributed by atoms with van der Waals surface area (Å²) in [4.78, 5) is 4.66. The summed E-state index contributed by atoms with van der Waals surface area (Å²) < 4.78 is 16.3. The Bertz CT molecular complexity index is 695. The van der Waals surface area contributed by atoms with Crippen LogP contribution in [0.1, 0.15) is 37.8 Å². The first-order valence-corrected chi connectivity index (χ1v) is 9.47. The Balaban J connectivity index is 0.00000392. The fourth-order valence-electron chi connectivity index (χ4n) is 2.63. The number of aryl methyl sites for hydroxylation is 2. The summed E-state index contributed by atoms with van der Waals surface area (Å²) >= 11 is 0. The Morgan fingerprint density at radius 2 is 1.79 bits per heavy atom. The van der Waals surface area contributed by atoms with Crippen molar-refractivity contribution in [1.82, 2.24) is 15.8 Å². The van der Waals surface area contributed by atoms with E-state index in [1.165, 1.54) is 0 Å². The van der Waals surface area contributed by atoms with Gasteiger partial charge in [0.15, 0.2) is 5.96 Å². The predicted molar refractivity (Wildman–Crippen MR) is 122 cm³/mol. The molecule has 0 aliphatic heterocycles. The Morgan fingerprint density at radius 1 is 1.07 bits per heavy atom. The minimum absolute atomic E-state index is 0. The SMILES string of the molecule is CCNC(=NCc1c(CC)noc1CC)NCCOc1ccc(OC)cc1.I. The Kier molecular flexibility index (Phi) is 11.4. The van der Waals surface area contributed by atoms with Gasteiger partial charge in [0.05, 0.1) is 25.9 Å². The number of methoxy groups -OCH3 is 1. The molecular formula is C20H31IN4O3. The summed E-state index contributed by atoms with van der Waals surface area (Å²) in [6.07, 6.45) is 1.66. The standard InChI is InChI=1S/C20H30N4O3.HI/c1-5-18-17(19(6-2)27-24-18)14-23-20(21-7-3)22-12-13-26-16-10-8-15(25-4)9-11-16;/h8-11H,5-7,12-14H2,1-4H3,(H2,21,22,23);1H. The van der Waals surface area contributed by atoms with E-state index >= 15 is 0 Å². The third-order valence-corrected chi connectivity index (χ3v) is 4.07. The van der Waals surface area contributed by atoms with Crippen LogP contribution in [-0.4, -0.2) is 37.9 Å². The molecular weight excluding hydrogens is 471 g/mol. The molecule has 0 aliphatic carbocycles. The molecule has 1 heterocycles. The second-order valence-corrected chi connectivity index (χ2v) is 5.88. The lowest BCUT2D eigenvalue weighted by molar-refractivity contribution is 0.321. The minimum atomic E-state index is 0. The monoisotopic (exact) mass is 502 g/mol. The Labute approximate surface area is 184 Å². The molecule has 0 amide bonds. The van der Waals surface area contributed by atoms with Crippen LogP contribution in [0.25, 0.3) is 0 Å². The quantitative estimate of drug-likeness (QED) is 0.224. The van der Waals surface area contributed by atoms with Crippen LogP contribution in [-0.2, 0) is 19.4 Å². The molecule has 0 saturated carbocycles. The van der Waals surface area contributed by atoms with Crippen molar-refractivity contribution >= 4 is 29.9 Å². The Morgan fingerprint density at radius 3 is 2.39 bits per heavy atom. The molecule has 0 fully saturated rings. The van der Waals surface area contributed by atoms with Crippen LogP contribution < -0.4 is 20.1 Å². The van der Waals surface area contributed by atoms with E-state index in [2.05, 4.69) is 34.6 Å². The molecule has 0 spiro atoms. The van der Waals surface area contributed by atoms with E-state index in [4.69, 9.17) is 14.0 Å². The van der Waals surface area contributed by atoms with Gasteiger partial charge in [-0.05, 0) is 37.6 Å². The molecule has 8 heteroatoms. The highest BCUT2D eigenvalue weighted by molar-refractivity contribution is 14.0. The predicted octanol–water partition coefficient (Wildman–Crippen LogP) is 3.56. The average Bonchev–Trinajstić information content (AvgIpc) is 3.11. The van der Waals surface area contributed by atoms with Gasteiger partial charge in [-0.2, -0.15) is 0 Å². The summed E-state index contributed by atoms with van der Waals surface area (Å²) in [6.45, 7) is 8.69. The molecule has 0 aliphatic rings. The highest BCUT2D eigenvalue weighted by Crippen LogP contribution is 2.17. The van der Waals surface area contributed by atoms with Gasteiger partial charge in [-0.3, -0.25) is 0 Å². The number of guanidine groups is 1. The maximum Gasteiger partial charge on any atom is 0.191 e. The summed E-state index contributed by atoms with van der Waals surface area (Å²) in [5.74, 6) is 3.29. The second kappa shape index (κ2) is 13.2. The number of aromatic nitrogens is 1. The Hall–Kier alpha value is -1.97. The first kappa shape index (κ1) is 24.1. The van der Waals surface area contributed by atoms with Crippen molar-refractivity contribution in [3.63, 3.8) is 0 Å². The van der Waals surface area contributed by atoms with Crippen molar-refractivity contribution in [3.05, 3.63) is 41.3 Å². The van der Waals surface area contributed by atoms with Crippen LogP contribution >= 0.6 is 24.0 Å². The summed E-state index contributed by atoms with van der Waals surface area (Å²) in [5, 5.41) is 10.7. The van der Waals surface area contributed by atoms with Gasteiger partial charge in [-0.15, -0.1) is 24.0 Å². The number of hydrogen-bond acceptors (Lipinski definition) is 5. The summed E-state index contributed by atoms with van der Waals surface area (Å²) in [6, 6.07) is 7.54. The van der Waals surface area contributed by atoms with Crippen LogP contribution in [0.5, 0.6) is 11.5 Å². The molecule has 7 nitrogen and oxygen atoms in total. The van der Waals surface area contributed by atoms with Gasteiger partial charge >= 0.3 is 0 Å². The minimum Gasteiger partial charge on any atom is -0.497 e. The lowest BCUT2D eigenvalue weighted by atomic mass is 10.1. The second-order valence-electron chi connectivity index (χ2n) is 5.88. The van der Waals surface area contributed by atoms with Crippen LogP contribution in [0, 0.1) is 0 Å². The fraction of sp³-hybridized carbons (Fsp3) is 0.500. The molecule has 2 aromatic rings. The molecule has 0 atom stereocenters. The van der Waals surface area contributed by atoms with Crippen LogP contribution in [0.15, 0.2) is 33.8 Å². The van der Waals surface area contributed by atoms with Crippen molar-refractivity contribution in [1.29, 1.82) is 0 Å². The zero-order valence-electron chi connectivity index (χ0n) is 17.1. The van der Waals surface area contributed by atoms with Crippen molar-refractivity contribution in [3.8, 4) is 11.5 Å². The van der Waals surface area contributed by atoms with E-state index in [9.17, 15) is 0 Å². The van der Waals surface area contributed by atoms with Gasteiger partial charge in [0, 0.05) is 18.5 Å². The molecule has 0 unspecified atom stereocenters. The molecule has 2 N–H and O–H groups in total. The van der Waals surface area contributed by atoms with Gasteiger partial charge in [-0.1, -0.05) is 19.0 Å². The van der Waals surface area contributed by atoms with Gasteiger partial charge in [0.2, 0.25) is 0 Å². The normalized spacial score (nSPS) is 10.9. The molecule has 0 saturated heterocycles. The molecule has 1 aromatic heterocycles. The number of nitrogens with one attached hydrogen (secondary N) is 2. The molecule has 1 aromatic carbocycles. The zero-order valence-corrected chi connectivity index (χ0v) is 19.4. The first-order chi connectivity index (χ1) is 13.2. The lowest BCUT2D eigenvalue weighted by Crippen LogP contribution is -2.39. The number of hydrogen-bond donors (Lipinski definition) is 2. The third kappa shape index (κ3) is 7.21.